The molecule has 2 aromatic rings. The minimum atomic E-state index is -0.808. The molecular formula is C17H15I3NO4. The zero-order valence-corrected chi connectivity index (χ0v) is 19.3. The molecule has 0 saturated carbocycles. The summed E-state index contributed by atoms with van der Waals surface area (Å²) in [6.07, 6.45) is 0.451. The zero-order valence-electron chi connectivity index (χ0n) is 12.8. The average molecular weight is 678 g/mol. The largest absolute Gasteiger partial charge is 0.508 e. The molecular weight excluding hydrogens is 663 g/mol. The van der Waals surface area contributed by atoms with Gasteiger partial charge in [-0.2, -0.15) is 0 Å². The molecule has 133 valence electrons. The van der Waals surface area contributed by atoms with Crippen molar-refractivity contribution in [2.75, 3.05) is 0 Å². The third-order valence-electron chi connectivity index (χ3n) is 3.32. The van der Waals surface area contributed by atoms with Crippen LogP contribution in [-0.2, 0) is 11.2 Å². The predicted octanol–water partition coefficient (Wildman–Crippen LogP) is 5.32. The number of carboxylic acids is 1. The number of aliphatic carboxylic acids is 1. The topological polar surface area (TPSA) is 78.8 Å². The van der Waals surface area contributed by atoms with Gasteiger partial charge < -0.3 is 20.3 Å². The summed E-state index contributed by atoms with van der Waals surface area (Å²) < 4.78 is 9.22. The molecule has 0 aliphatic carbocycles. The van der Waals surface area contributed by atoms with Crippen LogP contribution < -0.4 is 10.1 Å². The van der Waals surface area contributed by atoms with Crippen LogP contribution in [0.2, 0.25) is 0 Å². The Labute approximate surface area is 168 Å². The highest BCUT2D eigenvalue weighted by Crippen LogP contribution is 2.65. The molecule has 1 heterocycles. The molecule has 0 saturated heterocycles. The van der Waals surface area contributed by atoms with Crippen molar-refractivity contribution in [2.24, 2.45) is 0 Å². The molecule has 1 aliphatic rings. The summed E-state index contributed by atoms with van der Waals surface area (Å²) in [7, 11) is 0. The van der Waals surface area contributed by atoms with Gasteiger partial charge in [-0.3, -0.25) is 0 Å². The number of nitrogens with one attached hydrogen (secondary N) is 1. The van der Waals surface area contributed by atoms with Crippen molar-refractivity contribution in [1.82, 2.24) is 5.32 Å². The third-order valence-corrected chi connectivity index (χ3v) is 28.5. The lowest BCUT2D eigenvalue weighted by Gasteiger charge is -2.16. The number of aromatic hydroxyl groups is 1. The number of hydrogen-bond donors (Lipinski definition) is 3. The van der Waals surface area contributed by atoms with Gasteiger partial charge in [-0.25, -0.2) is 4.79 Å². The summed E-state index contributed by atoms with van der Waals surface area (Å²) >= 11 is 0.777. The van der Waals surface area contributed by atoms with Crippen molar-refractivity contribution in [3.8, 4) is 17.2 Å². The normalized spacial score (nSPS) is 14.6. The Bertz CT molecular complexity index is 762. The first-order chi connectivity index (χ1) is 12.1. The lowest BCUT2D eigenvalue weighted by molar-refractivity contribution is -0.139. The van der Waals surface area contributed by atoms with Crippen LogP contribution in [0.3, 0.4) is 0 Å². The van der Waals surface area contributed by atoms with Crippen LogP contribution in [0.1, 0.15) is 5.56 Å². The molecule has 25 heavy (non-hydrogen) atoms. The molecule has 1 aliphatic heterocycles. The molecule has 3 radical (unpaired) electrons. The fraction of sp³-hybridized carbons (Fsp3) is 0.118. The van der Waals surface area contributed by atoms with Gasteiger partial charge in [-0.1, -0.05) is 12.1 Å². The number of carboxylic acid groups (broad SMARTS) is 1. The van der Waals surface area contributed by atoms with Crippen LogP contribution in [0, 0.1) is 0 Å². The number of halogens is 3. The number of carbonyl (C=O) groups is 1. The first-order valence-electron chi connectivity index (χ1n) is 7.27. The summed E-state index contributed by atoms with van der Waals surface area (Å²) in [6, 6.07) is 13.4. The molecule has 1 atom stereocenters. The van der Waals surface area contributed by atoms with Crippen molar-refractivity contribution in [3.05, 3.63) is 61.9 Å². The molecule has 0 spiro atoms. The lowest BCUT2D eigenvalue weighted by atomic mass is 10.1. The molecule has 1 unspecified atom stereocenters. The Hall–Kier alpha value is -0.760. The number of phenols is 1. The summed E-state index contributed by atoms with van der Waals surface area (Å²) in [5, 5.41) is 22.0. The molecule has 0 aromatic heterocycles. The Morgan fingerprint density at radius 2 is 1.72 bits per heavy atom. The van der Waals surface area contributed by atoms with Crippen molar-refractivity contribution >= 4 is 53.7 Å². The Morgan fingerprint density at radius 1 is 1.08 bits per heavy atom. The Balaban J connectivity index is 1.62. The fourth-order valence-corrected chi connectivity index (χ4v) is 32.0. The molecule has 5 nitrogen and oxygen atoms in total. The SMILES string of the molecule is O=C(O)C(Cc1ccc(Oc2ccc(O)cc2)cc1)NC1=C[I][I][I]1. The van der Waals surface area contributed by atoms with E-state index in [0.29, 0.717) is 31.2 Å². The standard InChI is InChI=1S/C17H15I3NO4/c22-12-3-7-14(8-4-12)25-13-5-1-11(2-6-13)9-15(17(23)24)21-16-10-18-20-19-16/h1-8,10,15,21-22H,9H2,(H,23,24). The number of phenolic OH excluding ortho intramolecular Hbond substituents is 1. The number of rotatable bonds is 7. The van der Waals surface area contributed by atoms with E-state index in [1.54, 1.807) is 24.3 Å². The van der Waals surface area contributed by atoms with Crippen molar-refractivity contribution in [1.29, 1.82) is 0 Å². The van der Waals surface area contributed by atoms with E-state index in [1.807, 2.05) is 24.3 Å². The maximum Gasteiger partial charge on any atom is 0.326 e. The monoisotopic (exact) mass is 678 g/mol. The van der Waals surface area contributed by atoms with Gasteiger partial charge in [-0.15, -0.1) is 0 Å². The van der Waals surface area contributed by atoms with Crippen LogP contribution in [0.4, 0.5) is 0 Å². The van der Waals surface area contributed by atoms with E-state index in [4.69, 9.17) is 4.74 Å². The molecule has 3 N–H and O–H groups in total. The van der Waals surface area contributed by atoms with Gasteiger partial charge in [0, 0.05) is 10.5 Å². The van der Waals surface area contributed by atoms with E-state index in [9.17, 15) is 15.0 Å². The molecule has 0 amide bonds. The van der Waals surface area contributed by atoms with Gasteiger partial charge in [0.2, 0.25) is 0 Å². The molecule has 0 fully saturated rings. The smallest absolute Gasteiger partial charge is 0.326 e. The predicted molar refractivity (Wildman–Crippen MR) is 123 cm³/mol. The maximum absolute atomic E-state index is 11.5. The second-order valence-corrected chi connectivity index (χ2v) is 29.9. The van der Waals surface area contributed by atoms with Crippen molar-refractivity contribution in [3.63, 3.8) is 0 Å². The Morgan fingerprint density at radius 3 is 2.28 bits per heavy atom. The van der Waals surface area contributed by atoms with Gasteiger partial charge in [-0.05, 0) is 89.7 Å². The van der Waals surface area contributed by atoms with Gasteiger partial charge in [0.05, 0.1) is 3.70 Å². The summed E-state index contributed by atoms with van der Waals surface area (Å²) in [6.45, 7) is 0. The van der Waals surface area contributed by atoms with Gasteiger partial charge in [0.1, 0.15) is 23.3 Å². The highest BCUT2D eigenvalue weighted by atomic mass is 128. The number of benzene rings is 2. The summed E-state index contributed by atoms with van der Waals surface area (Å²) in [4.78, 5) is 11.5. The highest BCUT2D eigenvalue weighted by Gasteiger charge is 2.20. The van der Waals surface area contributed by atoms with Crippen molar-refractivity contribution < 1.29 is 19.7 Å². The van der Waals surface area contributed by atoms with E-state index in [2.05, 4.69) is 9.40 Å². The van der Waals surface area contributed by atoms with Gasteiger partial charge in [0.15, 0.2) is 0 Å². The molecule has 2 aromatic carbocycles. The second kappa shape index (κ2) is 9.26. The van der Waals surface area contributed by atoms with E-state index < -0.39 is 12.0 Å². The van der Waals surface area contributed by atoms with E-state index in [0.717, 1.165) is 5.56 Å². The molecule has 3 rings (SSSR count). The van der Waals surface area contributed by atoms with Gasteiger partial charge in [0.25, 0.3) is 0 Å². The highest BCUT2D eigenvalue weighted by molar-refractivity contribution is 15.5. The van der Waals surface area contributed by atoms with Gasteiger partial charge >= 0.3 is 5.97 Å². The minimum absolute atomic E-state index is 0.112. The quantitative estimate of drug-likeness (QED) is 0.273. The summed E-state index contributed by atoms with van der Waals surface area (Å²) in [5.41, 5.74) is 0.958. The van der Waals surface area contributed by atoms with Crippen LogP contribution in [0.5, 0.6) is 17.2 Å². The first-order valence-corrected chi connectivity index (χ1v) is 22.2. The average Bonchev–Trinajstić information content (AvgIpc) is 3.11. The minimum Gasteiger partial charge on any atom is -0.508 e. The number of hydrogen-bond acceptors (Lipinski definition) is 4. The van der Waals surface area contributed by atoms with E-state index >= 15 is 0 Å². The molecule has 8 heteroatoms. The third kappa shape index (κ3) is 5.88. The number of ether oxygens (including phenoxy) is 1. The maximum atomic E-state index is 11.5. The van der Waals surface area contributed by atoms with Crippen LogP contribution in [0.15, 0.2) is 56.3 Å². The first kappa shape index (κ1) is 19.0. The lowest BCUT2D eigenvalue weighted by Crippen LogP contribution is -2.36. The van der Waals surface area contributed by atoms with E-state index in [1.165, 1.54) is 3.70 Å². The fourth-order valence-electron chi connectivity index (χ4n) is 2.11. The van der Waals surface area contributed by atoms with Crippen molar-refractivity contribution in [2.45, 2.75) is 12.5 Å². The van der Waals surface area contributed by atoms with Crippen LogP contribution >= 0.6 is 47.7 Å². The zero-order chi connectivity index (χ0) is 17.6. The summed E-state index contributed by atoms with van der Waals surface area (Å²) in [5.74, 6) is 0.698. The second-order valence-electron chi connectivity index (χ2n) is 5.14. The molecule has 0 bridgehead atoms. The van der Waals surface area contributed by atoms with Crippen LogP contribution in [-0.4, -0.2) is 22.2 Å². The van der Waals surface area contributed by atoms with E-state index in [-0.39, 0.29) is 40.2 Å². The Kier molecular flexibility index (Phi) is 7.04. The van der Waals surface area contributed by atoms with Crippen LogP contribution in [0.25, 0.3) is 0 Å².